The summed E-state index contributed by atoms with van der Waals surface area (Å²) >= 11 is 1.69. The Morgan fingerprint density at radius 2 is 2.56 bits per heavy atom. The zero-order valence-corrected chi connectivity index (χ0v) is 11.8. The van der Waals surface area contributed by atoms with Crippen molar-refractivity contribution in [2.75, 3.05) is 13.1 Å². The van der Waals surface area contributed by atoms with Crippen molar-refractivity contribution in [3.63, 3.8) is 0 Å². The molecular formula is C13H22N4S. The van der Waals surface area contributed by atoms with Gasteiger partial charge in [0.2, 0.25) is 0 Å². The molecule has 0 saturated carbocycles. The maximum absolute atomic E-state index is 6.03. The number of nitrogens with zero attached hydrogens (tertiary/aromatic N) is 2. The Kier molecular flexibility index (Phi) is 5.13. The summed E-state index contributed by atoms with van der Waals surface area (Å²) in [5.41, 5.74) is 6.89. The fourth-order valence-corrected chi connectivity index (χ4v) is 2.91. The summed E-state index contributed by atoms with van der Waals surface area (Å²) in [6.45, 7) is 4.23. The first-order valence-electron chi connectivity index (χ1n) is 6.78. The van der Waals surface area contributed by atoms with Crippen molar-refractivity contribution in [2.45, 2.75) is 45.1 Å². The van der Waals surface area contributed by atoms with Crippen LogP contribution in [0.5, 0.6) is 0 Å². The highest BCUT2D eigenvalue weighted by atomic mass is 32.1. The van der Waals surface area contributed by atoms with E-state index in [0.717, 1.165) is 31.6 Å². The molecule has 1 aromatic rings. The van der Waals surface area contributed by atoms with Crippen LogP contribution < -0.4 is 11.1 Å². The van der Waals surface area contributed by atoms with E-state index in [-0.39, 0.29) is 0 Å². The van der Waals surface area contributed by atoms with Gasteiger partial charge in [-0.1, -0.05) is 13.3 Å². The fraction of sp³-hybridized carbons (Fsp3) is 0.692. The molecular weight excluding hydrogens is 244 g/mol. The van der Waals surface area contributed by atoms with Crippen LogP contribution in [0.25, 0.3) is 0 Å². The average Bonchev–Trinajstić information content (AvgIpc) is 2.86. The summed E-state index contributed by atoms with van der Waals surface area (Å²) in [5, 5.41) is 6.55. The third-order valence-corrected chi connectivity index (χ3v) is 4.06. The zero-order valence-electron chi connectivity index (χ0n) is 11.0. The number of nitrogens with two attached hydrogens (primary N) is 1. The predicted molar refractivity (Wildman–Crippen MR) is 77.3 cm³/mol. The van der Waals surface area contributed by atoms with Gasteiger partial charge in [0.05, 0.1) is 11.0 Å². The Morgan fingerprint density at radius 1 is 1.67 bits per heavy atom. The van der Waals surface area contributed by atoms with E-state index < -0.39 is 0 Å². The quantitative estimate of drug-likeness (QED) is 0.632. The topological polar surface area (TPSA) is 63.3 Å². The largest absolute Gasteiger partial charge is 0.382 e. The standard InChI is InChI=1S/C13H22N4S/c1-2-3-6-12-17-11(9-18-12)13(14)16-10-5-4-7-15-8-10/h9-10,15H,2-8H2,1H3,(H2,14,16). The van der Waals surface area contributed by atoms with Crippen molar-refractivity contribution in [1.82, 2.24) is 10.3 Å². The molecule has 5 heteroatoms. The lowest BCUT2D eigenvalue weighted by atomic mass is 10.1. The van der Waals surface area contributed by atoms with Gasteiger partial charge in [0.1, 0.15) is 11.5 Å². The zero-order chi connectivity index (χ0) is 12.8. The molecule has 2 rings (SSSR count). The van der Waals surface area contributed by atoms with E-state index in [2.05, 4.69) is 22.2 Å². The van der Waals surface area contributed by atoms with Crippen LogP contribution in [0, 0.1) is 0 Å². The van der Waals surface area contributed by atoms with Gasteiger partial charge in [-0.2, -0.15) is 0 Å². The van der Waals surface area contributed by atoms with E-state index in [4.69, 9.17) is 5.73 Å². The maximum atomic E-state index is 6.03. The first-order valence-corrected chi connectivity index (χ1v) is 7.66. The first-order chi connectivity index (χ1) is 8.79. The highest BCUT2D eigenvalue weighted by Gasteiger charge is 2.13. The van der Waals surface area contributed by atoms with Crippen molar-refractivity contribution >= 4 is 17.2 Å². The highest BCUT2D eigenvalue weighted by Crippen LogP contribution is 2.13. The minimum Gasteiger partial charge on any atom is -0.382 e. The fourth-order valence-electron chi connectivity index (χ4n) is 2.08. The molecule has 0 aromatic carbocycles. The summed E-state index contributed by atoms with van der Waals surface area (Å²) in [6, 6.07) is 0.319. The van der Waals surface area contributed by atoms with E-state index in [0.29, 0.717) is 11.9 Å². The number of piperidine rings is 1. The molecule has 100 valence electrons. The molecule has 1 saturated heterocycles. The van der Waals surface area contributed by atoms with E-state index in [1.165, 1.54) is 24.3 Å². The van der Waals surface area contributed by atoms with Crippen LogP contribution in [0.2, 0.25) is 0 Å². The normalized spacial score (nSPS) is 21.2. The van der Waals surface area contributed by atoms with Crippen LogP contribution in [0.4, 0.5) is 0 Å². The third-order valence-electron chi connectivity index (χ3n) is 3.15. The molecule has 1 aliphatic rings. The first kappa shape index (κ1) is 13.5. The second-order valence-electron chi connectivity index (χ2n) is 4.74. The summed E-state index contributed by atoms with van der Waals surface area (Å²) < 4.78 is 0. The molecule has 4 nitrogen and oxygen atoms in total. The summed E-state index contributed by atoms with van der Waals surface area (Å²) in [5.74, 6) is 0.600. The summed E-state index contributed by atoms with van der Waals surface area (Å²) in [7, 11) is 0. The van der Waals surface area contributed by atoms with Crippen molar-refractivity contribution in [2.24, 2.45) is 10.7 Å². The lowest BCUT2D eigenvalue weighted by Crippen LogP contribution is -2.34. The van der Waals surface area contributed by atoms with E-state index in [9.17, 15) is 0 Å². The molecule has 0 radical (unpaired) electrons. The van der Waals surface area contributed by atoms with Gasteiger partial charge in [0.25, 0.3) is 0 Å². The highest BCUT2D eigenvalue weighted by molar-refractivity contribution is 7.09. The second kappa shape index (κ2) is 6.85. The van der Waals surface area contributed by atoms with Gasteiger partial charge in [-0.15, -0.1) is 11.3 Å². The van der Waals surface area contributed by atoms with Crippen LogP contribution in [0.3, 0.4) is 0 Å². The van der Waals surface area contributed by atoms with Crippen molar-refractivity contribution in [1.29, 1.82) is 0 Å². The number of thiazole rings is 1. The summed E-state index contributed by atoms with van der Waals surface area (Å²) in [6.07, 6.45) is 5.75. The minimum absolute atomic E-state index is 0.319. The molecule has 1 fully saturated rings. The number of hydrogen-bond acceptors (Lipinski definition) is 4. The van der Waals surface area contributed by atoms with Gasteiger partial charge >= 0.3 is 0 Å². The van der Waals surface area contributed by atoms with Crippen LogP contribution in [-0.2, 0) is 6.42 Å². The van der Waals surface area contributed by atoms with Gasteiger partial charge in [0, 0.05) is 11.9 Å². The van der Waals surface area contributed by atoms with Gasteiger partial charge in [0.15, 0.2) is 0 Å². The summed E-state index contributed by atoms with van der Waals surface area (Å²) in [4.78, 5) is 9.13. The number of aryl methyl sites for hydroxylation is 1. The molecule has 1 aromatic heterocycles. The molecule has 2 heterocycles. The van der Waals surface area contributed by atoms with Crippen LogP contribution in [0.15, 0.2) is 10.4 Å². The maximum Gasteiger partial charge on any atom is 0.145 e. The lowest BCUT2D eigenvalue weighted by molar-refractivity contribution is 0.461. The lowest BCUT2D eigenvalue weighted by Gasteiger charge is -2.19. The van der Waals surface area contributed by atoms with Crippen molar-refractivity contribution in [3.05, 3.63) is 16.1 Å². The SMILES string of the molecule is CCCCc1nc(C(N)=NC2CCCNC2)cs1. The number of rotatable bonds is 5. The molecule has 0 spiro atoms. The minimum atomic E-state index is 0.319. The van der Waals surface area contributed by atoms with Crippen molar-refractivity contribution < 1.29 is 0 Å². The molecule has 0 amide bonds. The number of aliphatic imine (C=N–C) groups is 1. The Labute approximate surface area is 113 Å². The molecule has 1 atom stereocenters. The predicted octanol–water partition coefficient (Wildman–Crippen LogP) is 1.94. The van der Waals surface area contributed by atoms with Gasteiger partial charge in [-0.25, -0.2) is 4.98 Å². The van der Waals surface area contributed by atoms with Gasteiger partial charge in [-0.3, -0.25) is 4.99 Å². The van der Waals surface area contributed by atoms with E-state index in [1.807, 2.05) is 5.38 Å². The average molecular weight is 266 g/mol. The van der Waals surface area contributed by atoms with Crippen molar-refractivity contribution in [3.8, 4) is 0 Å². The Bertz CT molecular complexity index is 393. The smallest absolute Gasteiger partial charge is 0.145 e. The number of unbranched alkanes of at least 4 members (excludes halogenated alkanes) is 1. The van der Waals surface area contributed by atoms with Crippen LogP contribution in [0.1, 0.15) is 43.3 Å². The van der Waals surface area contributed by atoms with Crippen LogP contribution in [-0.4, -0.2) is 30.0 Å². The molecule has 18 heavy (non-hydrogen) atoms. The van der Waals surface area contributed by atoms with Gasteiger partial charge < -0.3 is 11.1 Å². The molecule has 1 aliphatic heterocycles. The molecule has 0 bridgehead atoms. The van der Waals surface area contributed by atoms with Gasteiger partial charge in [-0.05, 0) is 32.2 Å². The number of amidine groups is 1. The number of nitrogens with one attached hydrogen (secondary N) is 1. The Balaban J connectivity index is 1.96. The monoisotopic (exact) mass is 266 g/mol. The number of aromatic nitrogens is 1. The van der Waals surface area contributed by atoms with Crippen LogP contribution >= 0.6 is 11.3 Å². The molecule has 1 unspecified atom stereocenters. The molecule has 3 N–H and O–H groups in total. The molecule has 0 aliphatic carbocycles. The Morgan fingerprint density at radius 3 is 3.28 bits per heavy atom. The second-order valence-corrected chi connectivity index (χ2v) is 5.69. The third kappa shape index (κ3) is 3.78. The van der Waals surface area contributed by atoms with E-state index in [1.54, 1.807) is 11.3 Å². The Hall–Kier alpha value is -0.940. The number of hydrogen-bond donors (Lipinski definition) is 2. The van der Waals surface area contributed by atoms with E-state index >= 15 is 0 Å².